The zero-order valence-electron chi connectivity index (χ0n) is 9.79. The summed E-state index contributed by atoms with van der Waals surface area (Å²) in [5, 5.41) is 4.21. The van der Waals surface area contributed by atoms with Crippen LogP contribution >= 0.6 is 23.4 Å². The Bertz CT molecular complexity index is 331. The van der Waals surface area contributed by atoms with Crippen molar-refractivity contribution in [3.05, 3.63) is 28.8 Å². The third kappa shape index (κ3) is 4.24. The molecule has 0 saturated carbocycles. The molecule has 16 heavy (non-hydrogen) atoms. The summed E-state index contributed by atoms with van der Waals surface area (Å²) in [6.07, 6.45) is 3.18. The molecule has 1 atom stereocenters. The van der Waals surface area contributed by atoms with Crippen molar-refractivity contribution in [3.8, 4) is 0 Å². The second kappa shape index (κ2) is 7.05. The third-order valence-corrected chi connectivity index (χ3v) is 3.55. The second-order valence-corrected chi connectivity index (χ2v) is 5.22. The molecule has 3 N–H and O–H groups in total. The number of rotatable bonds is 6. The maximum atomic E-state index is 6.07. The van der Waals surface area contributed by atoms with Gasteiger partial charge in [-0.1, -0.05) is 17.7 Å². The molecular weight excluding hydrogens is 240 g/mol. The average molecular weight is 259 g/mol. The fourth-order valence-electron chi connectivity index (χ4n) is 1.43. The molecule has 0 bridgehead atoms. The monoisotopic (exact) mass is 258 g/mol. The number of benzene rings is 1. The highest BCUT2D eigenvalue weighted by Crippen LogP contribution is 2.20. The van der Waals surface area contributed by atoms with Crippen LogP contribution in [0, 0.1) is 6.92 Å². The molecule has 2 nitrogen and oxygen atoms in total. The van der Waals surface area contributed by atoms with Crippen LogP contribution < -0.4 is 11.1 Å². The molecular formula is C12H19ClN2S. The van der Waals surface area contributed by atoms with Gasteiger partial charge in [0.25, 0.3) is 0 Å². The quantitative estimate of drug-likeness (QED) is 0.823. The first-order valence-electron chi connectivity index (χ1n) is 5.39. The summed E-state index contributed by atoms with van der Waals surface area (Å²) in [6.45, 7) is 2.65. The van der Waals surface area contributed by atoms with E-state index in [-0.39, 0.29) is 0 Å². The third-order valence-electron chi connectivity index (χ3n) is 2.50. The van der Waals surface area contributed by atoms with Crippen molar-refractivity contribution in [3.63, 3.8) is 0 Å². The highest BCUT2D eigenvalue weighted by atomic mass is 35.5. The second-order valence-electron chi connectivity index (χ2n) is 3.82. The molecule has 0 amide bonds. The Balaban J connectivity index is 2.59. The minimum absolute atomic E-state index is 0.325. The van der Waals surface area contributed by atoms with Crippen LogP contribution in [-0.2, 0) is 0 Å². The maximum absolute atomic E-state index is 6.07. The Morgan fingerprint density at radius 1 is 1.50 bits per heavy atom. The lowest BCUT2D eigenvalue weighted by Gasteiger charge is -2.18. The number of hydrogen-bond acceptors (Lipinski definition) is 3. The van der Waals surface area contributed by atoms with Crippen LogP contribution in [0.2, 0.25) is 5.02 Å². The first kappa shape index (κ1) is 13.7. The summed E-state index contributed by atoms with van der Waals surface area (Å²) in [6, 6.07) is 6.35. The van der Waals surface area contributed by atoms with Gasteiger partial charge in [-0.05, 0) is 43.0 Å². The van der Waals surface area contributed by atoms with E-state index < -0.39 is 0 Å². The molecule has 0 aromatic heterocycles. The van der Waals surface area contributed by atoms with Gasteiger partial charge < -0.3 is 11.1 Å². The average Bonchev–Trinajstić information content (AvgIpc) is 2.29. The number of aryl methyl sites for hydroxylation is 1. The molecule has 4 heteroatoms. The van der Waals surface area contributed by atoms with Crippen molar-refractivity contribution in [2.24, 2.45) is 5.73 Å². The summed E-state index contributed by atoms with van der Waals surface area (Å²) in [5.74, 6) is 1.12. The van der Waals surface area contributed by atoms with Crippen LogP contribution in [0.15, 0.2) is 18.2 Å². The molecule has 1 aromatic carbocycles. The van der Waals surface area contributed by atoms with Crippen LogP contribution in [0.1, 0.15) is 12.0 Å². The molecule has 0 aliphatic rings. The van der Waals surface area contributed by atoms with Gasteiger partial charge in [-0.15, -0.1) is 0 Å². The van der Waals surface area contributed by atoms with Gasteiger partial charge in [0.1, 0.15) is 0 Å². The van der Waals surface area contributed by atoms with E-state index in [0.29, 0.717) is 12.6 Å². The fourth-order valence-corrected chi connectivity index (χ4v) is 2.13. The summed E-state index contributed by atoms with van der Waals surface area (Å²) >= 11 is 7.91. The molecule has 90 valence electrons. The molecule has 0 spiro atoms. The highest BCUT2D eigenvalue weighted by molar-refractivity contribution is 7.98. The van der Waals surface area contributed by atoms with Crippen LogP contribution in [0.3, 0.4) is 0 Å². The van der Waals surface area contributed by atoms with Crippen LogP contribution in [-0.4, -0.2) is 24.6 Å². The molecule has 1 aromatic rings. The summed E-state index contributed by atoms with van der Waals surface area (Å²) in [7, 11) is 0. The van der Waals surface area contributed by atoms with E-state index in [1.165, 1.54) is 0 Å². The molecule has 0 radical (unpaired) electrons. The lowest BCUT2D eigenvalue weighted by molar-refractivity contribution is 0.710. The van der Waals surface area contributed by atoms with E-state index in [0.717, 1.165) is 28.4 Å². The van der Waals surface area contributed by atoms with E-state index >= 15 is 0 Å². The molecule has 0 fully saturated rings. The molecule has 0 aliphatic heterocycles. The van der Waals surface area contributed by atoms with Gasteiger partial charge in [0.15, 0.2) is 0 Å². The molecule has 0 heterocycles. The lowest BCUT2D eigenvalue weighted by Crippen LogP contribution is -2.29. The number of halogens is 1. The van der Waals surface area contributed by atoms with Crippen molar-refractivity contribution < 1.29 is 0 Å². The minimum Gasteiger partial charge on any atom is -0.381 e. The Hall–Kier alpha value is -0.380. The van der Waals surface area contributed by atoms with Gasteiger partial charge in [0.2, 0.25) is 0 Å². The van der Waals surface area contributed by atoms with E-state index in [4.69, 9.17) is 17.3 Å². The van der Waals surface area contributed by atoms with Gasteiger partial charge in [0, 0.05) is 23.3 Å². The van der Waals surface area contributed by atoms with Crippen LogP contribution in [0.25, 0.3) is 0 Å². The van der Waals surface area contributed by atoms with Gasteiger partial charge in [-0.2, -0.15) is 11.8 Å². The summed E-state index contributed by atoms with van der Waals surface area (Å²) in [4.78, 5) is 0. The Morgan fingerprint density at radius 2 is 2.25 bits per heavy atom. The van der Waals surface area contributed by atoms with Gasteiger partial charge in [0.05, 0.1) is 0 Å². The maximum Gasteiger partial charge on any atom is 0.0455 e. The topological polar surface area (TPSA) is 38.0 Å². The number of anilines is 1. The standard InChI is InChI=1S/C12H19ClN2S/c1-9-3-4-10(7-12(9)13)15-11(8-14)5-6-16-2/h3-4,7,11,15H,5-6,8,14H2,1-2H3. The predicted molar refractivity (Wildman–Crippen MR) is 75.7 cm³/mol. The largest absolute Gasteiger partial charge is 0.381 e. The Kier molecular flexibility index (Phi) is 6.03. The molecule has 1 rings (SSSR count). The zero-order valence-corrected chi connectivity index (χ0v) is 11.4. The predicted octanol–water partition coefficient (Wildman–Crippen LogP) is 3.14. The summed E-state index contributed by atoms with van der Waals surface area (Å²) in [5.41, 5.74) is 7.87. The van der Waals surface area contributed by atoms with Crippen molar-refractivity contribution in [1.29, 1.82) is 0 Å². The molecule has 1 unspecified atom stereocenters. The summed E-state index contributed by atoms with van der Waals surface area (Å²) < 4.78 is 0. The van der Waals surface area contributed by atoms with E-state index in [2.05, 4.69) is 11.6 Å². The van der Waals surface area contributed by atoms with E-state index in [1.807, 2.05) is 36.9 Å². The fraction of sp³-hybridized carbons (Fsp3) is 0.500. The van der Waals surface area contributed by atoms with Crippen molar-refractivity contribution in [2.45, 2.75) is 19.4 Å². The number of nitrogens with two attached hydrogens (primary N) is 1. The van der Waals surface area contributed by atoms with Gasteiger partial charge >= 0.3 is 0 Å². The first-order valence-corrected chi connectivity index (χ1v) is 7.16. The Labute approximate surface area is 107 Å². The van der Waals surface area contributed by atoms with E-state index in [9.17, 15) is 0 Å². The normalized spacial score (nSPS) is 12.5. The Morgan fingerprint density at radius 3 is 2.81 bits per heavy atom. The number of nitrogens with one attached hydrogen (secondary N) is 1. The van der Waals surface area contributed by atoms with Crippen molar-refractivity contribution in [2.75, 3.05) is 23.9 Å². The zero-order chi connectivity index (χ0) is 12.0. The molecule has 0 aliphatic carbocycles. The number of thioether (sulfide) groups is 1. The van der Waals surface area contributed by atoms with E-state index in [1.54, 1.807) is 0 Å². The highest BCUT2D eigenvalue weighted by Gasteiger charge is 2.06. The van der Waals surface area contributed by atoms with Crippen molar-refractivity contribution >= 4 is 29.1 Å². The SMILES string of the molecule is CSCCC(CN)Nc1ccc(C)c(Cl)c1. The van der Waals surface area contributed by atoms with Gasteiger partial charge in [-0.3, -0.25) is 0 Å². The smallest absolute Gasteiger partial charge is 0.0455 e. The van der Waals surface area contributed by atoms with Crippen LogP contribution in [0.4, 0.5) is 5.69 Å². The number of hydrogen-bond donors (Lipinski definition) is 2. The van der Waals surface area contributed by atoms with Crippen LogP contribution in [0.5, 0.6) is 0 Å². The van der Waals surface area contributed by atoms with Gasteiger partial charge in [-0.25, -0.2) is 0 Å². The van der Waals surface area contributed by atoms with Crippen molar-refractivity contribution in [1.82, 2.24) is 0 Å². The lowest BCUT2D eigenvalue weighted by atomic mass is 10.2. The first-order chi connectivity index (χ1) is 7.67. The molecule has 0 saturated heterocycles. The minimum atomic E-state index is 0.325.